The second-order valence-electron chi connectivity index (χ2n) is 5.07. The van der Waals surface area contributed by atoms with Gasteiger partial charge in [0.15, 0.2) is 29.0 Å². The Balaban J connectivity index is 1.80. The van der Waals surface area contributed by atoms with Crippen molar-refractivity contribution in [3.8, 4) is 17.0 Å². The molecule has 3 aromatic rings. The van der Waals surface area contributed by atoms with Crippen molar-refractivity contribution in [1.29, 1.82) is 0 Å². The number of methoxy groups -OCH3 is 1. The lowest BCUT2D eigenvalue weighted by Crippen LogP contribution is -2.12. The molecule has 0 saturated carbocycles. The van der Waals surface area contributed by atoms with Crippen LogP contribution >= 0.6 is 0 Å². The Labute approximate surface area is 140 Å². The SMILES string of the molecule is COc1ccc(C(=O)Nc2cc(-c3cccc(F)c3F)[nH]n2)cc1F. The Morgan fingerprint density at radius 2 is 1.92 bits per heavy atom. The molecular weight excluding hydrogens is 335 g/mol. The first-order valence-electron chi connectivity index (χ1n) is 7.14. The largest absolute Gasteiger partial charge is 0.494 e. The van der Waals surface area contributed by atoms with Gasteiger partial charge in [-0.1, -0.05) is 6.07 Å². The van der Waals surface area contributed by atoms with Gasteiger partial charge in [0.2, 0.25) is 0 Å². The summed E-state index contributed by atoms with van der Waals surface area (Å²) in [5, 5.41) is 8.77. The predicted octanol–water partition coefficient (Wildman–Crippen LogP) is 3.75. The van der Waals surface area contributed by atoms with Gasteiger partial charge in [0, 0.05) is 17.2 Å². The van der Waals surface area contributed by atoms with Crippen LogP contribution in [0, 0.1) is 17.5 Å². The van der Waals surface area contributed by atoms with E-state index in [9.17, 15) is 18.0 Å². The Bertz CT molecular complexity index is 941. The molecule has 128 valence electrons. The topological polar surface area (TPSA) is 67.0 Å². The molecule has 1 aromatic heterocycles. The molecule has 0 aliphatic carbocycles. The number of nitrogens with zero attached hydrogens (tertiary/aromatic N) is 1. The Kier molecular flexibility index (Phi) is 4.42. The number of carbonyl (C=O) groups is 1. The maximum atomic E-state index is 13.8. The van der Waals surface area contributed by atoms with Gasteiger partial charge in [-0.2, -0.15) is 5.10 Å². The van der Waals surface area contributed by atoms with Gasteiger partial charge in [0.25, 0.3) is 5.91 Å². The molecule has 2 aromatic carbocycles. The summed E-state index contributed by atoms with van der Waals surface area (Å²) in [4.78, 5) is 12.1. The van der Waals surface area contributed by atoms with Crippen molar-refractivity contribution >= 4 is 11.7 Å². The van der Waals surface area contributed by atoms with Crippen LogP contribution < -0.4 is 10.1 Å². The maximum absolute atomic E-state index is 13.8. The minimum absolute atomic E-state index is 0.0141. The molecule has 0 atom stereocenters. The second-order valence-corrected chi connectivity index (χ2v) is 5.07. The summed E-state index contributed by atoms with van der Waals surface area (Å²) in [6.07, 6.45) is 0. The highest BCUT2D eigenvalue weighted by molar-refractivity contribution is 6.04. The van der Waals surface area contributed by atoms with Gasteiger partial charge >= 0.3 is 0 Å². The second kappa shape index (κ2) is 6.68. The van der Waals surface area contributed by atoms with Gasteiger partial charge in [-0.05, 0) is 30.3 Å². The monoisotopic (exact) mass is 347 g/mol. The third-order valence-electron chi connectivity index (χ3n) is 3.48. The van der Waals surface area contributed by atoms with Gasteiger partial charge in [-0.15, -0.1) is 0 Å². The highest BCUT2D eigenvalue weighted by Gasteiger charge is 2.15. The normalized spacial score (nSPS) is 10.6. The molecule has 2 N–H and O–H groups in total. The first-order chi connectivity index (χ1) is 12.0. The lowest BCUT2D eigenvalue weighted by Gasteiger charge is -2.05. The minimum atomic E-state index is -1.03. The van der Waals surface area contributed by atoms with Gasteiger partial charge in [0.1, 0.15) is 0 Å². The lowest BCUT2D eigenvalue weighted by molar-refractivity contribution is 0.102. The Morgan fingerprint density at radius 1 is 1.12 bits per heavy atom. The fourth-order valence-electron chi connectivity index (χ4n) is 2.23. The molecule has 0 aliphatic heterocycles. The number of rotatable bonds is 4. The number of nitrogens with one attached hydrogen (secondary N) is 2. The predicted molar refractivity (Wildman–Crippen MR) is 84.8 cm³/mol. The number of ether oxygens (including phenoxy) is 1. The van der Waals surface area contributed by atoms with Crippen molar-refractivity contribution in [2.45, 2.75) is 0 Å². The van der Waals surface area contributed by atoms with Crippen molar-refractivity contribution in [1.82, 2.24) is 10.2 Å². The smallest absolute Gasteiger partial charge is 0.256 e. The lowest BCUT2D eigenvalue weighted by atomic mass is 10.1. The van der Waals surface area contributed by atoms with Crippen LogP contribution in [0.4, 0.5) is 19.0 Å². The van der Waals surface area contributed by atoms with Crippen LogP contribution in [-0.2, 0) is 0 Å². The number of benzene rings is 2. The average Bonchev–Trinajstić information content (AvgIpc) is 3.05. The number of carbonyl (C=O) groups excluding carboxylic acids is 1. The number of hydrogen-bond acceptors (Lipinski definition) is 3. The van der Waals surface area contributed by atoms with E-state index in [-0.39, 0.29) is 28.4 Å². The summed E-state index contributed by atoms with van der Waals surface area (Å²) in [6.45, 7) is 0. The molecule has 5 nitrogen and oxygen atoms in total. The van der Waals surface area contributed by atoms with E-state index >= 15 is 0 Å². The zero-order valence-corrected chi connectivity index (χ0v) is 12.9. The number of hydrogen-bond donors (Lipinski definition) is 2. The highest BCUT2D eigenvalue weighted by Crippen LogP contribution is 2.25. The molecule has 8 heteroatoms. The zero-order valence-electron chi connectivity index (χ0n) is 12.9. The molecule has 25 heavy (non-hydrogen) atoms. The number of anilines is 1. The first-order valence-corrected chi connectivity index (χ1v) is 7.14. The molecule has 0 aliphatic rings. The van der Waals surface area contributed by atoms with Crippen molar-refractivity contribution in [3.63, 3.8) is 0 Å². The molecule has 0 spiro atoms. The third-order valence-corrected chi connectivity index (χ3v) is 3.48. The molecule has 1 heterocycles. The summed E-state index contributed by atoms with van der Waals surface area (Å²) in [5.41, 5.74) is 0.219. The van der Waals surface area contributed by atoms with Gasteiger partial charge < -0.3 is 10.1 Å². The van der Waals surface area contributed by atoms with E-state index in [1.165, 1.54) is 37.4 Å². The molecular formula is C17H12F3N3O2. The minimum Gasteiger partial charge on any atom is -0.494 e. The molecule has 1 amide bonds. The van der Waals surface area contributed by atoms with Gasteiger partial charge in [-0.3, -0.25) is 9.89 Å². The van der Waals surface area contributed by atoms with Crippen LogP contribution in [0.2, 0.25) is 0 Å². The molecule has 0 saturated heterocycles. The molecule has 0 fully saturated rings. The van der Waals surface area contributed by atoms with E-state index in [1.807, 2.05) is 0 Å². The summed E-state index contributed by atoms with van der Waals surface area (Å²) in [5.74, 6) is -3.22. The van der Waals surface area contributed by atoms with Crippen LogP contribution in [0.25, 0.3) is 11.3 Å². The van der Waals surface area contributed by atoms with Crippen LogP contribution in [-0.4, -0.2) is 23.2 Å². The van der Waals surface area contributed by atoms with E-state index in [2.05, 4.69) is 15.5 Å². The fraction of sp³-hybridized carbons (Fsp3) is 0.0588. The van der Waals surface area contributed by atoms with E-state index in [0.717, 1.165) is 12.1 Å². The van der Waals surface area contributed by atoms with Gasteiger partial charge in [-0.25, -0.2) is 13.2 Å². The Hall–Kier alpha value is -3.29. The fourth-order valence-corrected chi connectivity index (χ4v) is 2.23. The van der Waals surface area contributed by atoms with Crippen molar-refractivity contribution < 1.29 is 22.7 Å². The highest BCUT2D eigenvalue weighted by atomic mass is 19.2. The van der Waals surface area contributed by atoms with Crippen LogP contribution in [0.15, 0.2) is 42.5 Å². The van der Waals surface area contributed by atoms with Crippen LogP contribution in [0.3, 0.4) is 0 Å². The van der Waals surface area contributed by atoms with Crippen LogP contribution in [0.1, 0.15) is 10.4 Å². The maximum Gasteiger partial charge on any atom is 0.256 e. The number of aromatic amines is 1. The standard InChI is InChI=1S/C17H12F3N3O2/c1-25-14-6-5-9(7-12(14)19)17(24)21-15-8-13(22-23-15)10-3-2-4-11(18)16(10)20/h2-8H,1H3,(H2,21,22,23,24). The summed E-state index contributed by atoms with van der Waals surface area (Å²) in [6, 6.07) is 8.79. The van der Waals surface area contributed by atoms with E-state index in [1.54, 1.807) is 0 Å². The number of halogens is 3. The summed E-state index contributed by atoms with van der Waals surface area (Å²) in [7, 11) is 1.31. The number of H-pyrrole nitrogens is 1. The van der Waals surface area contributed by atoms with Crippen molar-refractivity contribution in [2.24, 2.45) is 0 Å². The molecule has 0 unspecified atom stereocenters. The average molecular weight is 347 g/mol. The zero-order chi connectivity index (χ0) is 18.0. The van der Waals surface area contributed by atoms with Gasteiger partial charge in [0.05, 0.1) is 12.8 Å². The molecule has 3 rings (SSSR count). The number of amides is 1. The van der Waals surface area contributed by atoms with Crippen molar-refractivity contribution in [3.05, 3.63) is 65.5 Å². The Morgan fingerprint density at radius 3 is 2.64 bits per heavy atom. The van der Waals surface area contributed by atoms with Crippen LogP contribution in [0.5, 0.6) is 5.75 Å². The molecule has 0 radical (unpaired) electrons. The molecule has 0 bridgehead atoms. The quantitative estimate of drug-likeness (QED) is 0.755. The van der Waals surface area contributed by atoms with E-state index in [4.69, 9.17) is 4.74 Å². The first kappa shape index (κ1) is 16.6. The van der Waals surface area contributed by atoms with Crippen molar-refractivity contribution in [2.75, 3.05) is 12.4 Å². The summed E-state index contributed by atoms with van der Waals surface area (Å²) >= 11 is 0. The third kappa shape index (κ3) is 3.32. The van der Waals surface area contributed by atoms with E-state index in [0.29, 0.717) is 0 Å². The number of aromatic nitrogens is 2. The summed E-state index contributed by atoms with van der Waals surface area (Å²) < 4.78 is 45.5. The van der Waals surface area contributed by atoms with E-state index < -0.39 is 23.4 Å².